The second kappa shape index (κ2) is 6.44. The molecule has 3 rings (SSSR count). The summed E-state index contributed by atoms with van der Waals surface area (Å²) >= 11 is 0. The molecular formula is C20H25N. The number of nitrogens with zero attached hydrogens (tertiary/aromatic N) is 1. The standard InChI is InChI=1S/C20H25N/c1-21(2)15-7-12-20-18-10-5-3-8-16(18)13-14-17-9-4-6-11-19(17)20/h3-6,8-10,12,19H,7,11,13-15H2,1-2H3. The zero-order chi connectivity index (χ0) is 14.7. The molecule has 0 bridgehead atoms. The first-order chi connectivity index (χ1) is 10.3. The predicted molar refractivity (Wildman–Crippen MR) is 91.2 cm³/mol. The van der Waals surface area contributed by atoms with Crippen LogP contribution in [0.1, 0.15) is 30.4 Å². The lowest BCUT2D eigenvalue weighted by atomic mass is 9.82. The van der Waals surface area contributed by atoms with E-state index < -0.39 is 0 Å². The summed E-state index contributed by atoms with van der Waals surface area (Å²) in [4.78, 5) is 2.26. The van der Waals surface area contributed by atoms with Crippen molar-refractivity contribution in [2.24, 2.45) is 5.92 Å². The van der Waals surface area contributed by atoms with E-state index in [9.17, 15) is 0 Å². The Morgan fingerprint density at radius 2 is 2.05 bits per heavy atom. The van der Waals surface area contributed by atoms with Crippen LogP contribution in [0.3, 0.4) is 0 Å². The van der Waals surface area contributed by atoms with Crippen LogP contribution < -0.4 is 0 Å². The Labute approximate surface area is 128 Å². The van der Waals surface area contributed by atoms with Gasteiger partial charge in [-0.1, -0.05) is 54.1 Å². The molecule has 21 heavy (non-hydrogen) atoms. The molecule has 1 aromatic carbocycles. The molecule has 1 atom stereocenters. The van der Waals surface area contributed by atoms with E-state index >= 15 is 0 Å². The van der Waals surface area contributed by atoms with E-state index in [2.05, 4.69) is 67.6 Å². The zero-order valence-corrected chi connectivity index (χ0v) is 13.2. The normalized spacial score (nSPS) is 22.7. The average Bonchev–Trinajstić information content (AvgIpc) is 2.65. The van der Waals surface area contributed by atoms with E-state index in [1.807, 2.05) is 0 Å². The van der Waals surface area contributed by atoms with Gasteiger partial charge in [0.05, 0.1) is 0 Å². The van der Waals surface area contributed by atoms with Crippen LogP contribution in [-0.4, -0.2) is 25.5 Å². The number of allylic oxidation sites excluding steroid dienone is 5. The third kappa shape index (κ3) is 3.19. The second-order valence-corrected chi connectivity index (χ2v) is 6.37. The maximum Gasteiger partial charge on any atom is 0.00888 e. The average molecular weight is 279 g/mol. The summed E-state index contributed by atoms with van der Waals surface area (Å²) in [7, 11) is 4.29. The minimum Gasteiger partial charge on any atom is -0.309 e. The number of hydrogen-bond acceptors (Lipinski definition) is 1. The topological polar surface area (TPSA) is 3.24 Å². The Morgan fingerprint density at radius 1 is 1.19 bits per heavy atom. The van der Waals surface area contributed by atoms with E-state index in [0.29, 0.717) is 5.92 Å². The number of rotatable bonds is 3. The zero-order valence-electron chi connectivity index (χ0n) is 13.2. The van der Waals surface area contributed by atoms with Gasteiger partial charge in [0.25, 0.3) is 0 Å². The molecule has 0 N–H and O–H groups in total. The van der Waals surface area contributed by atoms with Crippen LogP contribution in [0.2, 0.25) is 0 Å². The summed E-state index contributed by atoms with van der Waals surface area (Å²) < 4.78 is 0. The van der Waals surface area contributed by atoms with E-state index in [4.69, 9.17) is 0 Å². The third-order valence-electron chi connectivity index (χ3n) is 4.59. The van der Waals surface area contributed by atoms with Crippen molar-refractivity contribution in [2.45, 2.75) is 25.7 Å². The van der Waals surface area contributed by atoms with Crippen LogP contribution in [0, 0.1) is 5.92 Å². The summed E-state index contributed by atoms with van der Waals surface area (Å²) in [6.07, 6.45) is 14.1. The van der Waals surface area contributed by atoms with Gasteiger partial charge in [-0.15, -0.1) is 0 Å². The van der Waals surface area contributed by atoms with Crippen molar-refractivity contribution < 1.29 is 0 Å². The van der Waals surface area contributed by atoms with E-state index in [1.54, 1.807) is 11.1 Å². The molecule has 1 nitrogen and oxygen atoms in total. The fraction of sp³-hybridized carbons (Fsp3) is 0.400. The largest absolute Gasteiger partial charge is 0.309 e. The summed E-state index contributed by atoms with van der Waals surface area (Å²) in [5, 5.41) is 0. The van der Waals surface area contributed by atoms with Gasteiger partial charge in [-0.3, -0.25) is 0 Å². The van der Waals surface area contributed by atoms with Crippen LogP contribution in [0.25, 0.3) is 5.57 Å². The molecule has 2 aliphatic carbocycles. The van der Waals surface area contributed by atoms with Gasteiger partial charge in [0, 0.05) is 12.5 Å². The first kappa shape index (κ1) is 14.3. The summed E-state index contributed by atoms with van der Waals surface area (Å²) in [6, 6.07) is 8.99. The van der Waals surface area contributed by atoms with Gasteiger partial charge in [0.15, 0.2) is 0 Å². The van der Waals surface area contributed by atoms with Crippen LogP contribution >= 0.6 is 0 Å². The van der Waals surface area contributed by atoms with Crippen molar-refractivity contribution in [3.63, 3.8) is 0 Å². The van der Waals surface area contributed by atoms with Crippen LogP contribution in [0.15, 0.2) is 54.1 Å². The number of fused-ring (bicyclic) bond motifs is 2. The van der Waals surface area contributed by atoms with E-state index in [-0.39, 0.29) is 0 Å². The van der Waals surface area contributed by atoms with Crippen LogP contribution in [0.4, 0.5) is 0 Å². The molecule has 110 valence electrons. The summed E-state index contributed by atoms with van der Waals surface area (Å²) in [5.41, 5.74) is 6.18. The molecule has 0 aliphatic heterocycles. The molecule has 1 aromatic rings. The van der Waals surface area contributed by atoms with Crippen LogP contribution in [-0.2, 0) is 6.42 Å². The third-order valence-corrected chi connectivity index (χ3v) is 4.59. The molecule has 2 aliphatic rings. The van der Waals surface area contributed by atoms with Crippen molar-refractivity contribution >= 4 is 5.57 Å². The number of aryl methyl sites for hydroxylation is 1. The lowest BCUT2D eigenvalue weighted by Gasteiger charge is -2.23. The molecular weight excluding hydrogens is 254 g/mol. The Kier molecular flexibility index (Phi) is 4.40. The molecule has 0 saturated carbocycles. The van der Waals surface area contributed by atoms with Crippen molar-refractivity contribution in [1.29, 1.82) is 0 Å². The maximum atomic E-state index is 2.49. The Hall–Kier alpha value is -1.60. The van der Waals surface area contributed by atoms with Gasteiger partial charge in [0.1, 0.15) is 0 Å². The number of hydrogen-bond donors (Lipinski definition) is 0. The Balaban J connectivity index is 1.98. The van der Waals surface area contributed by atoms with Crippen molar-refractivity contribution in [3.8, 4) is 0 Å². The Morgan fingerprint density at radius 3 is 2.90 bits per heavy atom. The molecule has 1 unspecified atom stereocenters. The monoisotopic (exact) mass is 279 g/mol. The first-order valence-electron chi connectivity index (χ1n) is 8.04. The fourth-order valence-corrected chi connectivity index (χ4v) is 3.48. The Bertz CT molecular complexity index is 590. The highest BCUT2D eigenvalue weighted by atomic mass is 15.0. The molecule has 0 heterocycles. The van der Waals surface area contributed by atoms with Crippen molar-refractivity contribution in [1.82, 2.24) is 4.90 Å². The minimum absolute atomic E-state index is 0.598. The van der Waals surface area contributed by atoms with Gasteiger partial charge < -0.3 is 4.90 Å². The predicted octanol–water partition coefficient (Wildman–Crippen LogP) is 4.47. The van der Waals surface area contributed by atoms with Gasteiger partial charge in [-0.05, 0) is 56.5 Å². The molecule has 0 spiro atoms. The maximum absolute atomic E-state index is 2.49. The summed E-state index contributed by atoms with van der Waals surface area (Å²) in [5.74, 6) is 0.598. The fourth-order valence-electron chi connectivity index (χ4n) is 3.48. The molecule has 0 saturated heterocycles. The minimum atomic E-state index is 0.598. The van der Waals surface area contributed by atoms with E-state index in [1.165, 1.54) is 24.0 Å². The molecule has 0 fully saturated rings. The number of benzene rings is 1. The second-order valence-electron chi connectivity index (χ2n) is 6.37. The summed E-state index contributed by atoms with van der Waals surface area (Å²) in [6.45, 7) is 1.12. The molecule has 1 heteroatoms. The highest BCUT2D eigenvalue weighted by molar-refractivity contribution is 5.74. The molecule has 0 radical (unpaired) electrons. The smallest absolute Gasteiger partial charge is 0.00888 e. The quantitative estimate of drug-likeness (QED) is 0.789. The van der Waals surface area contributed by atoms with Crippen LogP contribution in [0.5, 0.6) is 0 Å². The lowest BCUT2D eigenvalue weighted by molar-refractivity contribution is 0.417. The van der Waals surface area contributed by atoms with Gasteiger partial charge in [-0.25, -0.2) is 0 Å². The van der Waals surface area contributed by atoms with Gasteiger partial charge in [-0.2, -0.15) is 0 Å². The highest BCUT2D eigenvalue weighted by Crippen LogP contribution is 2.41. The molecule has 0 aromatic heterocycles. The SMILES string of the molecule is CN(C)CCC=C1c2ccccc2CCC2=CC=CCC21. The lowest BCUT2D eigenvalue weighted by Crippen LogP contribution is -2.13. The molecule has 0 amide bonds. The highest BCUT2D eigenvalue weighted by Gasteiger charge is 2.25. The van der Waals surface area contributed by atoms with Gasteiger partial charge >= 0.3 is 0 Å². The van der Waals surface area contributed by atoms with Crippen molar-refractivity contribution in [3.05, 3.63) is 65.3 Å². The van der Waals surface area contributed by atoms with E-state index in [0.717, 1.165) is 19.4 Å². The van der Waals surface area contributed by atoms with Gasteiger partial charge in [0.2, 0.25) is 0 Å². The first-order valence-corrected chi connectivity index (χ1v) is 8.04. The van der Waals surface area contributed by atoms with Crippen molar-refractivity contribution in [2.75, 3.05) is 20.6 Å².